The molecule has 0 aliphatic carbocycles. The van der Waals surface area contributed by atoms with Crippen LogP contribution >= 0.6 is 11.3 Å². The number of amides is 3. The van der Waals surface area contributed by atoms with Crippen LogP contribution in [0.4, 0.5) is 10.5 Å². The number of urea groups is 1. The van der Waals surface area contributed by atoms with Crippen LogP contribution in [0.25, 0.3) is 0 Å². The molecule has 0 saturated carbocycles. The van der Waals surface area contributed by atoms with Gasteiger partial charge in [0.25, 0.3) is 0 Å². The second-order valence-electron chi connectivity index (χ2n) is 7.79. The average molecular weight is 400 g/mol. The van der Waals surface area contributed by atoms with E-state index < -0.39 is 0 Å². The Balaban J connectivity index is 1.59. The molecule has 5 nitrogen and oxygen atoms in total. The number of thiophene rings is 1. The molecule has 6 heteroatoms. The molecule has 3 rings (SSSR count). The number of hydrogen-bond donors (Lipinski definition) is 2. The van der Waals surface area contributed by atoms with Gasteiger partial charge in [-0.15, -0.1) is 11.3 Å². The van der Waals surface area contributed by atoms with Crippen LogP contribution in [0.5, 0.6) is 0 Å². The summed E-state index contributed by atoms with van der Waals surface area (Å²) in [5, 5.41) is 8.21. The third-order valence-corrected chi connectivity index (χ3v) is 6.00. The van der Waals surface area contributed by atoms with Gasteiger partial charge in [0.2, 0.25) is 5.91 Å². The van der Waals surface area contributed by atoms with Gasteiger partial charge in [-0.25, -0.2) is 4.79 Å². The largest absolute Gasteiger partial charge is 0.348 e. The molecule has 1 aliphatic rings. The highest BCUT2D eigenvalue weighted by molar-refractivity contribution is 7.10. The SMILES string of the molecule is CC(C)CC(NC(=O)C1CCCN(C(=O)Nc2ccccc2)C1)c1cccs1. The van der Waals surface area contributed by atoms with Crippen molar-refractivity contribution in [3.8, 4) is 0 Å². The van der Waals surface area contributed by atoms with E-state index in [-0.39, 0.29) is 23.9 Å². The van der Waals surface area contributed by atoms with Crippen LogP contribution in [0.1, 0.15) is 44.0 Å². The molecule has 2 aromatic rings. The van der Waals surface area contributed by atoms with Gasteiger partial charge in [0.1, 0.15) is 0 Å². The normalized spacial score (nSPS) is 18.0. The lowest BCUT2D eigenvalue weighted by atomic mass is 9.95. The Morgan fingerprint density at radius 2 is 1.96 bits per heavy atom. The molecule has 1 aromatic heterocycles. The predicted octanol–water partition coefficient (Wildman–Crippen LogP) is 4.90. The number of carbonyl (C=O) groups excluding carboxylic acids is 2. The lowest BCUT2D eigenvalue weighted by Crippen LogP contribution is -2.47. The Morgan fingerprint density at radius 3 is 2.64 bits per heavy atom. The van der Waals surface area contributed by atoms with E-state index in [1.165, 1.54) is 4.88 Å². The van der Waals surface area contributed by atoms with E-state index in [9.17, 15) is 9.59 Å². The number of carbonyl (C=O) groups is 2. The van der Waals surface area contributed by atoms with Crippen LogP contribution in [0.3, 0.4) is 0 Å². The van der Waals surface area contributed by atoms with Crippen molar-refractivity contribution in [3.63, 3.8) is 0 Å². The molecule has 28 heavy (non-hydrogen) atoms. The molecule has 0 radical (unpaired) electrons. The van der Waals surface area contributed by atoms with Crippen molar-refractivity contribution >= 4 is 29.0 Å². The highest BCUT2D eigenvalue weighted by atomic mass is 32.1. The van der Waals surface area contributed by atoms with Crippen LogP contribution in [0.15, 0.2) is 47.8 Å². The van der Waals surface area contributed by atoms with Gasteiger partial charge in [0, 0.05) is 23.7 Å². The van der Waals surface area contributed by atoms with Gasteiger partial charge in [-0.05, 0) is 48.8 Å². The zero-order valence-electron chi connectivity index (χ0n) is 16.6. The summed E-state index contributed by atoms with van der Waals surface area (Å²) in [6.07, 6.45) is 2.57. The summed E-state index contributed by atoms with van der Waals surface area (Å²) in [6, 6.07) is 13.4. The fourth-order valence-electron chi connectivity index (χ4n) is 3.60. The number of hydrogen-bond acceptors (Lipinski definition) is 3. The molecule has 0 spiro atoms. The van der Waals surface area contributed by atoms with Crippen LogP contribution in [-0.2, 0) is 4.79 Å². The minimum Gasteiger partial charge on any atom is -0.348 e. The molecule has 1 fully saturated rings. The third kappa shape index (κ3) is 5.58. The summed E-state index contributed by atoms with van der Waals surface area (Å²) in [7, 11) is 0. The van der Waals surface area contributed by atoms with Gasteiger partial charge in [-0.2, -0.15) is 0 Å². The fraction of sp³-hybridized carbons (Fsp3) is 0.455. The van der Waals surface area contributed by atoms with E-state index in [0.717, 1.165) is 24.9 Å². The third-order valence-electron chi connectivity index (χ3n) is 5.01. The topological polar surface area (TPSA) is 61.4 Å². The quantitative estimate of drug-likeness (QED) is 0.726. The molecule has 2 N–H and O–H groups in total. The van der Waals surface area contributed by atoms with Gasteiger partial charge in [0.05, 0.1) is 12.0 Å². The molecule has 0 bridgehead atoms. The fourth-order valence-corrected chi connectivity index (χ4v) is 4.39. The Kier molecular flexibility index (Phi) is 7.09. The molecule has 2 unspecified atom stereocenters. The maximum atomic E-state index is 12.9. The first-order valence-electron chi connectivity index (χ1n) is 9.97. The van der Waals surface area contributed by atoms with E-state index in [0.29, 0.717) is 19.0 Å². The summed E-state index contributed by atoms with van der Waals surface area (Å²) in [5.41, 5.74) is 0.772. The maximum Gasteiger partial charge on any atom is 0.321 e. The lowest BCUT2D eigenvalue weighted by molar-refractivity contribution is -0.127. The first-order chi connectivity index (χ1) is 13.5. The van der Waals surface area contributed by atoms with Gasteiger partial charge < -0.3 is 15.5 Å². The van der Waals surface area contributed by atoms with Crippen LogP contribution in [0, 0.1) is 11.8 Å². The summed E-state index contributed by atoms with van der Waals surface area (Å²) in [6.45, 7) is 5.48. The van der Waals surface area contributed by atoms with Crippen molar-refractivity contribution in [1.29, 1.82) is 0 Å². The summed E-state index contributed by atoms with van der Waals surface area (Å²) in [5.74, 6) is 0.382. The lowest BCUT2D eigenvalue weighted by Gasteiger charge is -2.33. The first-order valence-corrected chi connectivity index (χ1v) is 10.9. The van der Waals surface area contributed by atoms with Gasteiger partial charge in [-0.1, -0.05) is 38.1 Å². The van der Waals surface area contributed by atoms with E-state index in [1.54, 1.807) is 16.2 Å². The number of nitrogens with zero attached hydrogens (tertiary/aromatic N) is 1. The standard InChI is InChI=1S/C22H29N3O2S/c1-16(2)14-19(20-11-7-13-28-20)24-21(26)17-8-6-12-25(15-17)22(27)23-18-9-4-3-5-10-18/h3-5,7,9-11,13,16-17,19H,6,8,12,14-15H2,1-2H3,(H,23,27)(H,24,26). The zero-order valence-corrected chi connectivity index (χ0v) is 17.4. The van der Waals surface area contributed by atoms with Crippen molar-refractivity contribution in [2.75, 3.05) is 18.4 Å². The monoisotopic (exact) mass is 399 g/mol. The van der Waals surface area contributed by atoms with E-state index >= 15 is 0 Å². The van der Waals surface area contributed by atoms with E-state index in [4.69, 9.17) is 0 Å². The van der Waals surface area contributed by atoms with E-state index in [1.807, 2.05) is 41.8 Å². The average Bonchev–Trinajstić information content (AvgIpc) is 3.23. The second-order valence-corrected chi connectivity index (χ2v) is 8.77. The van der Waals surface area contributed by atoms with Gasteiger partial charge in [-0.3, -0.25) is 4.79 Å². The van der Waals surface area contributed by atoms with Crippen molar-refractivity contribution in [2.24, 2.45) is 11.8 Å². The first kappa shape index (κ1) is 20.4. The number of para-hydroxylation sites is 1. The second kappa shape index (κ2) is 9.73. The van der Waals surface area contributed by atoms with Crippen molar-refractivity contribution in [3.05, 3.63) is 52.7 Å². The summed E-state index contributed by atoms with van der Waals surface area (Å²) in [4.78, 5) is 28.5. The van der Waals surface area contributed by atoms with Gasteiger partial charge in [0.15, 0.2) is 0 Å². The molecule has 1 aliphatic heterocycles. The van der Waals surface area contributed by atoms with Gasteiger partial charge >= 0.3 is 6.03 Å². The highest BCUT2D eigenvalue weighted by Gasteiger charge is 2.30. The minimum absolute atomic E-state index is 0.0426. The molecule has 1 saturated heterocycles. The molecular weight excluding hydrogens is 370 g/mol. The Hall–Kier alpha value is -2.34. The van der Waals surface area contributed by atoms with Crippen LogP contribution in [0.2, 0.25) is 0 Å². The minimum atomic E-state index is -0.162. The Bertz CT molecular complexity index is 761. The van der Waals surface area contributed by atoms with E-state index in [2.05, 4.69) is 30.5 Å². The summed E-state index contributed by atoms with van der Waals surface area (Å²) < 4.78 is 0. The number of anilines is 1. The highest BCUT2D eigenvalue weighted by Crippen LogP contribution is 2.27. The molecule has 150 valence electrons. The summed E-state index contributed by atoms with van der Waals surface area (Å²) >= 11 is 1.68. The number of likely N-dealkylation sites (tertiary alicyclic amines) is 1. The number of rotatable bonds is 6. The van der Waals surface area contributed by atoms with Crippen LogP contribution in [-0.4, -0.2) is 29.9 Å². The molecular formula is C22H29N3O2S. The van der Waals surface area contributed by atoms with Crippen molar-refractivity contribution in [2.45, 2.75) is 39.2 Å². The number of nitrogens with one attached hydrogen (secondary N) is 2. The van der Waals surface area contributed by atoms with Crippen LogP contribution < -0.4 is 10.6 Å². The number of benzene rings is 1. The predicted molar refractivity (Wildman–Crippen MR) is 114 cm³/mol. The molecule has 2 heterocycles. The van der Waals surface area contributed by atoms with Crippen molar-refractivity contribution < 1.29 is 9.59 Å². The van der Waals surface area contributed by atoms with Crippen molar-refractivity contribution in [1.82, 2.24) is 10.2 Å². The smallest absolute Gasteiger partial charge is 0.321 e. The maximum absolute atomic E-state index is 12.9. The number of piperidine rings is 1. The Labute approximate surface area is 171 Å². The molecule has 3 amide bonds. The molecule has 1 aromatic carbocycles. The Morgan fingerprint density at radius 1 is 1.18 bits per heavy atom. The molecule has 2 atom stereocenters. The zero-order chi connectivity index (χ0) is 19.9.